The molecule has 0 aliphatic heterocycles. The predicted octanol–water partition coefficient (Wildman–Crippen LogP) is 6.05. The van der Waals surface area contributed by atoms with E-state index in [-0.39, 0.29) is 0 Å². The van der Waals surface area contributed by atoms with Crippen LogP contribution in [-0.4, -0.2) is 9.55 Å². The minimum Gasteiger partial charge on any atom is -0.324 e. The first-order valence-electron chi connectivity index (χ1n) is 8.52. The molecule has 3 aromatic rings. The van der Waals surface area contributed by atoms with Gasteiger partial charge in [-0.1, -0.05) is 65.5 Å². The Morgan fingerprint density at radius 2 is 1.78 bits per heavy atom. The van der Waals surface area contributed by atoms with Crippen molar-refractivity contribution in [2.75, 3.05) is 0 Å². The number of halogens is 1. The highest BCUT2D eigenvalue weighted by Crippen LogP contribution is 2.31. The zero-order valence-electron chi connectivity index (χ0n) is 13.2. The minimum absolute atomic E-state index is 0.784. The molecule has 2 nitrogen and oxygen atoms in total. The van der Waals surface area contributed by atoms with E-state index in [1.807, 2.05) is 0 Å². The van der Waals surface area contributed by atoms with Crippen molar-refractivity contribution in [3.05, 3.63) is 53.0 Å². The van der Waals surface area contributed by atoms with E-state index in [1.54, 1.807) is 0 Å². The molecule has 1 aliphatic rings. The predicted molar refractivity (Wildman–Crippen MR) is 99.4 cm³/mol. The number of benzene rings is 2. The lowest BCUT2D eigenvalue weighted by atomic mass is 9.89. The third-order valence-electron chi connectivity index (χ3n) is 4.91. The summed E-state index contributed by atoms with van der Waals surface area (Å²) in [7, 11) is 0. The minimum atomic E-state index is 0.784. The van der Waals surface area contributed by atoms with Crippen LogP contribution in [0.3, 0.4) is 0 Å². The first-order chi connectivity index (χ1) is 11.3. The number of fused-ring (bicyclic) bond motifs is 1. The van der Waals surface area contributed by atoms with E-state index in [4.69, 9.17) is 4.98 Å². The zero-order valence-corrected chi connectivity index (χ0v) is 14.8. The Morgan fingerprint density at radius 1 is 1.00 bits per heavy atom. The van der Waals surface area contributed by atoms with Crippen LogP contribution in [0.25, 0.3) is 22.4 Å². The summed E-state index contributed by atoms with van der Waals surface area (Å²) in [5.74, 6) is 1.89. The molecule has 118 valence electrons. The Hall–Kier alpha value is -1.61. The molecule has 0 spiro atoms. The Labute approximate surface area is 145 Å². The van der Waals surface area contributed by atoms with Crippen LogP contribution in [0.4, 0.5) is 0 Å². The lowest BCUT2D eigenvalue weighted by Crippen LogP contribution is -2.14. The Morgan fingerprint density at radius 3 is 2.57 bits per heavy atom. The van der Waals surface area contributed by atoms with E-state index in [0.29, 0.717) is 0 Å². The van der Waals surface area contributed by atoms with Gasteiger partial charge in [0, 0.05) is 16.6 Å². The maximum absolute atomic E-state index is 4.94. The first kappa shape index (κ1) is 14.9. The number of hydrogen-bond donors (Lipinski definition) is 0. The van der Waals surface area contributed by atoms with Crippen LogP contribution in [0.2, 0.25) is 0 Å². The van der Waals surface area contributed by atoms with Crippen LogP contribution in [0.15, 0.2) is 53.0 Å². The third-order valence-corrected chi connectivity index (χ3v) is 5.40. The molecule has 1 saturated carbocycles. The van der Waals surface area contributed by atoms with E-state index >= 15 is 0 Å². The number of hydrogen-bond acceptors (Lipinski definition) is 1. The highest BCUT2D eigenvalue weighted by molar-refractivity contribution is 9.10. The summed E-state index contributed by atoms with van der Waals surface area (Å²) in [6, 6.07) is 17.0. The quantitative estimate of drug-likeness (QED) is 0.550. The fourth-order valence-corrected chi connectivity index (χ4v) is 4.07. The number of aromatic nitrogens is 2. The highest BCUT2D eigenvalue weighted by Gasteiger charge is 2.19. The fourth-order valence-electron chi connectivity index (χ4n) is 3.72. The van der Waals surface area contributed by atoms with Crippen LogP contribution in [-0.2, 0) is 6.54 Å². The molecule has 1 aromatic heterocycles. The second-order valence-corrected chi connectivity index (χ2v) is 7.46. The van der Waals surface area contributed by atoms with Crippen LogP contribution < -0.4 is 0 Å². The topological polar surface area (TPSA) is 17.8 Å². The monoisotopic (exact) mass is 368 g/mol. The molecule has 1 aliphatic carbocycles. The maximum atomic E-state index is 4.94. The summed E-state index contributed by atoms with van der Waals surface area (Å²) in [5.41, 5.74) is 3.53. The summed E-state index contributed by atoms with van der Waals surface area (Å²) in [5, 5.41) is 0. The average Bonchev–Trinajstić information content (AvgIpc) is 2.94. The molecule has 0 unspecified atom stereocenters. The summed E-state index contributed by atoms with van der Waals surface area (Å²) >= 11 is 3.57. The van der Waals surface area contributed by atoms with Crippen molar-refractivity contribution in [3.8, 4) is 11.4 Å². The summed E-state index contributed by atoms with van der Waals surface area (Å²) in [6.45, 7) is 1.09. The summed E-state index contributed by atoms with van der Waals surface area (Å²) < 4.78 is 3.53. The lowest BCUT2D eigenvalue weighted by molar-refractivity contribution is 0.323. The van der Waals surface area contributed by atoms with E-state index in [1.165, 1.54) is 43.2 Å². The van der Waals surface area contributed by atoms with Gasteiger partial charge in [-0.2, -0.15) is 0 Å². The van der Waals surface area contributed by atoms with Gasteiger partial charge in [0.15, 0.2) is 0 Å². The van der Waals surface area contributed by atoms with Gasteiger partial charge in [0.2, 0.25) is 0 Å². The molecule has 1 fully saturated rings. The highest BCUT2D eigenvalue weighted by atomic mass is 79.9. The van der Waals surface area contributed by atoms with Crippen LogP contribution >= 0.6 is 15.9 Å². The molecular weight excluding hydrogens is 348 g/mol. The summed E-state index contributed by atoms with van der Waals surface area (Å²) in [6.07, 6.45) is 6.86. The van der Waals surface area contributed by atoms with Gasteiger partial charge in [0.05, 0.1) is 11.0 Å². The van der Waals surface area contributed by atoms with Crippen molar-refractivity contribution in [3.63, 3.8) is 0 Å². The molecule has 2 aromatic carbocycles. The van der Waals surface area contributed by atoms with E-state index < -0.39 is 0 Å². The standard InChI is InChI=1S/C20H21BrN2/c21-17-11-12-19-18(13-17)22-20(16-9-5-2-6-10-16)23(19)14-15-7-3-1-4-8-15/h2,5-6,9-13,15H,1,3-4,7-8,14H2. The van der Waals surface area contributed by atoms with Crippen molar-refractivity contribution >= 4 is 27.0 Å². The first-order valence-corrected chi connectivity index (χ1v) is 9.32. The summed E-state index contributed by atoms with van der Waals surface area (Å²) in [4.78, 5) is 4.94. The molecular formula is C20H21BrN2. The van der Waals surface area contributed by atoms with Gasteiger partial charge >= 0.3 is 0 Å². The van der Waals surface area contributed by atoms with Gasteiger partial charge in [0.25, 0.3) is 0 Å². The van der Waals surface area contributed by atoms with Gasteiger partial charge in [0.1, 0.15) is 5.82 Å². The fraction of sp³-hybridized carbons (Fsp3) is 0.350. The Kier molecular flexibility index (Phi) is 4.21. The maximum Gasteiger partial charge on any atom is 0.141 e. The molecule has 23 heavy (non-hydrogen) atoms. The van der Waals surface area contributed by atoms with Crippen molar-refractivity contribution in [1.82, 2.24) is 9.55 Å². The van der Waals surface area contributed by atoms with E-state index in [0.717, 1.165) is 28.3 Å². The Bertz CT molecular complexity index is 801. The molecule has 0 atom stereocenters. The molecule has 0 N–H and O–H groups in total. The van der Waals surface area contributed by atoms with Gasteiger partial charge < -0.3 is 4.57 Å². The van der Waals surface area contributed by atoms with Gasteiger partial charge in [-0.05, 0) is 37.0 Å². The van der Waals surface area contributed by atoms with Crippen molar-refractivity contribution in [2.24, 2.45) is 5.92 Å². The zero-order chi connectivity index (χ0) is 15.6. The molecule has 0 saturated heterocycles. The van der Waals surface area contributed by atoms with Crippen LogP contribution in [0, 0.1) is 5.92 Å². The number of imidazole rings is 1. The van der Waals surface area contributed by atoms with Crippen molar-refractivity contribution in [1.29, 1.82) is 0 Å². The van der Waals surface area contributed by atoms with Gasteiger partial charge in [-0.15, -0.1) is 0 Å². The number of rotatable bonds is 3. The molecule has 4 rings (SSSR count). The molecule has 3 heteroatoms. The van der Waals surface area contributed by atoms with Gasteiger partial charge in [-0.25, -0.2) is 4.98 Å². The third kappa shape index (κ3) is 3.07. The molecule has 0 radical (unpaired) electrons. The molecule has 0 amide bonds. The number of nitrogens with zero attached hydrogens (tertiary/aromatic N) is 2. The molecule has 0 bridgehead atoms. The normalized spacial score (nSPS) is 16.0. The Balaban J connectivity index is 1.81. The lowest BCUT2D eigenvalue weighted by Gasteiger charge is -2.23. The largest absolute Gasteiger partial charge is 0.324 e. The second kappa shape index (κ2) is 6.48. The van der Waals surface area contributed by atoms with Crippen LogP contribution in [0.5, 0.6) is 0 Å². The van der Waals surface area contributed by atoms with Crippen LogP contribution in [0.1, 0.15) is 32.1 Å². The van der Waals surface area contributed by atoms with Crippen molar-refractivity contribution < 1.29 is 0 Å². The van der Waals surface area contributed by atoms with Crippen molar-refractivity contribution in [2.45, 2.75) is 38.6 Å². The SMILES string of the molecule is Brc1ccc2c(c1)nc(-c1ccccc1)n2CC1CCCCC1. The van der Waals surface area contributed by atoms with E-state index in [2.05, 4.69) is 69.0 Å². The second-order valence-electron chi connectivity index (χ2n) is 6.55. The molecule has 1 heterocycles. The van der Waals surface area contributed by atoms with E-state index in [9.17, 15) is 0 Å². The average molecular weight is 369 g/mol. The smallest absolute Gasteiger partial charge is 0.141 e. The van der Waals surface area contributed by atoms with Gasteiger partial charge in [-0.3, -0.25) is 0 Å².